The summed E-state index contributed by atoms with van der Waals surface area (Å²) < 4.78 is 93.5. The molecule has 2 aliphatic rings. The maximum absolute atomic E-state index is 16.3. The minimum Gasteiger partial charge on any atom is -0.462 e. The molecule has 0 radical (unpaired) electrons. The Morgan fingerprint density at radius 2 is 1.95 bits per heavy atom. The molecule has 2 aromatic heterocycles. The number of likely N-dealkylation sites (N-methyl/N-ethyl adjacent to an activating group) is 1. The van der Waals surface area contributed by atoms with Gasteiger partial charge >= 0.3 is 12.2 Å². The summed E-state index contributed by atoms with van der Waals surface area (Å²) in [6, 6.07) is 2.04. The minimum absolute atomic E-state index is 0.00134. The number of anilines is 2. The van der Waals surface area contributed by atoms with E-state index in [1.54, 1.807) is 11.9 Å². The van der Waals surface area contributed by atoms with Gasteiger partial charge in [-0.25, -0.2) is 18.2 Å². The molecule has 0 amide bonds. The molecule has 0 bridgehead atoms. The van der Waals surface area contributed by atoms with Gasteiger partial charge in [0.2, 0.25) is 0 Å². The predicted molar refractivity (Wildman–Crippen MR) is 139 cm³/mol. The zero-order valence-electron chi connectivity index (χ0n) is 21.0. The first-order valence-electron chi connectivity index (χ1n) is 12.4. The molecule has 2 saturated heterocycles. The van der Waals surface area contributed by atoms with Crippen molar-refractivity contribution in [3.63, 3.8) is 0 Å². The van der Waals surface area contributed by atoms with Gasteiger partial charge in [-0.05, 0) is 31.7 Å². The van der Waals surface area contributed by atoms with E-state index in [1.807, 2.05) is 0 Å². The van der Waals surface area contributed by atoms with E-state index in [0.29, 0.717) is 13.1 Å². The number of likely N-dealkylation sites (tertiary alicyclic amines) is 1. The lowest BCUT2D eigenvalue weighted by molar-refractivity contribution is -0.137. The Kier molecular flexibility index (Phi) is 6.62. The number of alkyl halides is 4. The van der Waals surface area contributed by atoms with Gasteiger partial charge in [0.1, 0.15) is 29.9 Å². The zero-order chi connectivity index (χ0) is 28.3. The number of rotatable bonds is 6. The Bertz CT molecular complexity index is 1610. The van der Waals surface area contributed by atoms with E-state index in [9.17, 15) is 22.0 Å². The second-order valence-corrected chi connectivity index (χ2v) is 11.0. The molecule has 15 heteroatoms. The third kappa shape index (κ3) is 4.75. The predicted octanol–water partition coefficient (Wildman–Crippen LogP) is 4.59. The lowest BCUT2D eigenvalue weighted by Crippen LogP contribution is -2.51. The number of ether oxygens (including phenoxy) is 1. The molecule has 0 unspecified atom stereocenters. The van der Waals surface area contributed by atoms with Gasteiger partial charge in [-0.3, -0.25) is 4.90 Å². The fourth-order valence-electron chi connectivity index (χ4n) is 5.02. The van der Waals surface area contributed by atoms with Gasteiger partial charge in [0.25, 0.3) is 0 Å². The molecule has 4 heterocycles. The van der Waals surface area contributed by atoms with Gasteiger partial charge in [-0.2, -0.15) is 23.1 Å². The van der Waals surface area contributed by atoms with Crippen molar-refractivity contribution in [1.82, 2.24) is 25.2 Å². The molecule has 2 aromatic carbocycles. The first-order valence-corrected chi connectivity index (χ1v) is 13.2. The highest BCUT2D eigenvalue weighted by Gasteiger charge is 2.38. The molecule has 4 aromatic rings. The van der Waals surface area contributed by atoms with Crippen LogP contribution in [0.15, 0.2) is 18.2 Å². The number of nitrogens with two attached hydrogens (primary N) is 1. The Morgan fingerprint density at radius 3 is 2.60 bits per heavy atom. The topological polar surface area (TPSA) is 101 Å². The summed E-state index contributed by atoms with van der Waals surface area (Å²) in [5.74, 6) is -2.07. The van der Waals surface area contributed by atoms with Crippen LogP contribution in [0, 0.1) is 11.6 Å². The maximum Gasteiger partial charge on any atom is 0.417 e. The Hall–Kier alpha value is -3.43. The van der Waals surface area contributed by atoms with E-state index in [4.69, 9.17) is 10.5 Å². The number of nitrogens with zero attached hydrogens (tertiary/aromatic N) is 4. The van der Waals surface area contributed by atoms with Gasteiger partial charge in [0.15, 0.2) is 10.9 Å². The number of hydrogen-bond donors (Lipinski definition) is 3. The van der Waals surface area contributed by atoms with Crippen LogP contribution >= 0.6 is 11.3 Å². The maximum atomic E-state index is 16.3. The van der Waals surface area contributed by atoms with E-state index in [0.717, 1.165) is 29.5 Å². The lowest BCUT2D eigenvalue weighted by atomic mass is 9.95. The Labute approximate surface area is 227 Å². The van der Waals surface area contributed by atoms with Gasteiger partial charge in [0, 0.05) is 42.2 Å². The minimum atomic E-state index is -4.99. The van der Waals surface area contributed by atoms with Crippen LogP contribution in [0.3, 0.4) is 0 Å². The summed E-state index contributed by atoms with van der Waals surface area (Å²) >= 11 is 0.746. The molecule has 2 fully saturated rings. The van der Waals surface area contributed by atoms with Gasteiger partial charge in [-0.1, -0.05) is 11.3 Å². The van der Waals surface area contributed by atoms with Crippen LogP contribution in [-0.4, -0.2) is 71.4 Å². The highest BCUT2D eigenvalue weighted by Crippen LogP contribution is 2.45. The number of fused-ring (bicyclic) bond motifs is 2. The number of nitrogen functional groups attached to an aromatic ring is 1. The highest BCUT2D eigenvalue weighted by molar-refractivity contribution is 7.22. The molecular weight excluding hydrogens is 560 g/mol. The van der Waals surface area contributed by atoms with Crippen LogP contribution < -0.4 is 21.1 Å². The smallest absolute Gasteiger partial charge is 0.417 e. The van der Waals surface area contributed by atoms with Crippen LogP contribution in [0.4, 0.5) is 37.3 Å². The molecule has 2 aliphatic heterocycles. The normalized spacial score (nSPS) is 20.4. The highest BCUT2D eigenvalue weighted by atomic mass is 32.1. The average molecular weight is 584 g/mol. The second kappa shape index (κ2) is 9.89. The van der Waals surface area contributed by atoms with Crippen LogP contribution in [0.25, 0.3) is 32.2 Å². The van der Waals surface area contributed by atoms with Crippen LogP contribution in [0.2, 0.25) is 0 Å². The standard InChI is InChI=1S/C25H23F6N7OS/c1-38-8-10(26)4-12(38)9-39-24-36-19-14(22(37-24)34-11-6-33-7-11)5-15(25(29,30)31)17(18(19)28)13-2-3-16(27)21-20(13)35-23(32)40-21/h2-3,5,10-12,33H,4,6-9H2,1H3,(H2,32,35)(H,34,36,37)/t10-,12+/m1/s1. The van der Waals surface area contributed by atoms with Gasteiger partial charge < -0.3 is 21.1 Å². The SMILES string of the molecule is CN1C[C@H](F)C[C@H]1COc1nc(NC2CNC2)c2cc(C(F)(F)F)c(-c3ccc(F)c4sc(N)nc34)c(F)c2n1. The monoisotopic (exact) mass is 583 g/mol. The van der Waals surface area contributed by atoms with Crippen molar-refractivity contribution in [3.05, 3.63) is 35.4 Å². The van der Waals surface area contributed by atoms with E-state index >= 15 is 4.39 Å². The first-order chi connectivity index (χ1) is 19.0. The van der Waals surface area contributed by atoms with E-state index in [2.05, 4.69) is 25.6 Å². The number of aromatic nitrogens is 3. The molecule has 40 heavy (non-hydrogen) atoms. The fourth-order valence-corrected chi connectivity index (χ4v) is 5.79. The third-order valence-corrected chi connectivity index (χ3v) is 8.05. The first kappa shape index (κ1) is 26.8. The van der Waals surface area contributed by atoms with E-state index < -0.39 is 40.6 Å². The van der Waals surface area contributed by atoms with E-state index in [-0.39, 0.29) is 69.8 Å². The van der Waals surface area contributed by atoms with Crippen LogP contribution in [-0.2, 0) is 6.18 Å². The molecule has 0 spiro atoms. The van der Waals surface area contributed by atoms with Gasteiger partial charge in [-0.15, -0.1) is 0 Å². The molecule has 2 atom stereocenters. The van der Waals surface area contributed by atoms with Crippen molar-refractivity contribution >= 4 is 43.4 Å². The fraction of sp³-hybridized carbons (Fsp3) is 0.400. The second-order valence-electron chi connectivity index (χ2n) is 9.92. The molecule has 6 rings (SSSR count). The summed E-state index contributed by atoms with van der Waals surface area (Å²) in [5.41, 5.74) is 2.67. The van der Waals surface area contributed by atoms with E-state index in [1.165, 1.54) is 0 Å². The molecule has 0 saturated carbocycles. The summed E-state index contributed by atoms with van der Waals surface area (Å²) in [6.45, 7) is 1.29. The summed E-state index contributed by atoms with van der Waals surface area (Å²) in [5, 5.41) is 5.79. The third-order valence-electron chi connectivity index (χ3n) is 7.16. The number of hydrogen-bond acceptors (Lipinski definition) is 9. The van der Waals surface area contributed by atoms with Crippen molar-refractivity contribution in [2.45, 2.75) is 30.9 Å². The number of nitrogens with one attached hydrogen (secondary N) is 2. The molecule has 212 valence electrons. The van der Waals surface area contributed by atoms with Crippen LogP contribution in [0.5, 0.6) is 6.01 Å². The summed E-state index contributed by atoms with van der Waals surface area (Å²) in [7, 11) is 1.74. The molecule has 8 nitrogen and oxygen atoms in total. The lowest BCUT2D eigenvalue weighted by Gasteiger charge is -2.29. The zero-order valence-corrected chi connectivity index (χ0v) is 21.8. The van der Waals surface area contributed by atoms with Crippen molar-refractivity contribution in [2.75, 3.05) is 44.3 Å². The van der Waals surface area contributed by atoms with Crippen molar-refractivity contribution in [3.8, 4) is 17.1 Å². The largest absolute Gasteiger partial charge is 0.462 e. The number of benzene rings is 2. The summed E-state index contributed by atoms with van der Waals surface area (Å²) in [4.78, 5) is 14.2. The Balaban J connectivity index is 1.54. The number of halogens is 6. The summed E-state index contributed by atoms with van der Waals surface area (Å²) in [6.07, 6.45) is -5.78. The molecule has 4 N–H and O–H groups in total. The Morgan fingerprint density at radius 1 is 1.18 bits per heavy atom. The molecule has 0 aliphatic carbocycles. The molecular formula is C25H23F6N7OS. The van der Waals surface area contributed by atoms with Gasteiger partial charge in [0.05, 0.1) is 21.8 Å². The van der Waals surface area contributed by atoms with Crippen molar-refractivity contribution in [2.24, 2.45) is 0 Å². The average Bonchev–Trinajstić information content (AvgIpc) is 3.41. The number of thiazole rings is 1. The van der Waals surface area contributed by atoms with Crippen molar-refractivity contribution < 1.29 is 31.1 Å². The quantitative estimate of drug-likeness (QED) is 0.284. The van der Waals surface area contributed by atoms with Crippen LogP contribution in [0.1, 0.15) is 12.0 Å². The van der Waals surface area contributed by atoms with Crippen molar-refractivity contribution in [1.29, 1.82) is 0 Å².